The van der Waals surface area contributed by atoms with Crippen LogP contribution in [0.3, 0.4) is 0 Å². The Morgan fingerprint density at radius 3 is 2.44 bits per heavy atom. The molecular formula is C11H24N2O3. The van der Waals surface area contributed by atoms with Crippen LogP contribution in [0.4, 0.5) is 4.79 Å². The van der Waals surface area contributed by atoms with Gasteiger partial charge in [-0.05, 0) is 27.2 Å². The summed E-state index contributed by atoms with van der Waals surface area (Å²) in [6.45, 7) is 8.33. The number of carbonyl (C=O) groups is 1. The lowest BCUT2D eigenvalue weighted by atomic mass is 10.2. The average Bonchev–Trinajstić information content (AvgIpc) is 2.14. The predicted octanol–water partition coefficient (Wildman–Crippen LogP) is 0.953. The highest BCUT2D eigenvalue weighted by Crippen LogP contribution is 2.10. The number of carbonyl (C=O) groups excluding carboxylic acids is 1. The first-order chi connectivity index (χ1) is 7.30. The average molecular weight is 232 g/mol. The highest BCUT2D eigenvalue weighted by molar-refractivity contribution is 5.68. The van der Waals surface area contributed by atoms with Crippen LogP contribution in [0.1, 0.15) is 34.1 Å². The van der Waals surface area contributed by atoms with Crippen molar-refractivity contribution in [2.75, 3.05) is 19.6 Å². The fourth-order valence-electron chi connectivity index (χ4n) is 1.18. The minimum atomic E-state index is -0.695. The van der Waals surface area contributed by atoms with E-state index in [1.54, 1.807) is 0 Å². The van der Waals surface area contributed by atoms with Crippen molar-refractivity contribution in [1.29, 1.82) is 0 Å². The van der Waals surface area contributed by atoms with Gasteiger partial charge in [0.25, 0.3) is 0 Å². The van der Waals surface area contributed by atoms with Crippen LogP contribution in [0, 0.1) is 0 Å². The Morgan fingerprint density at radius 1 is 1.50 bits per heavy atom. The minimum absolute atomic E-state index is 0.142. The van der Waals surface area contributed by atoms with E-state index in [4.69, 9.17) is 10.5 Å². The van der Waals surface area contributed by atoms with Crippen molar-refractivity contribution in [2.45, 2.75) is 45.8 Å². The number of aliphatic hydroxyl groups is 1. The molecule has 96 valence electrons. The predicted molar refractivity (Wildman–Crippen MR) is 63.2 cm³/mol. The minimum Gasteiger partial charge on any atom is -0.444 e. The van der Waals surface area contributed by atoms with Crippen molar-refractivity contribution < 1.29 is 14.6 Å². The fraction of sp³-hybridized carbons (Fsp3) is 0.909. The third-order valence-electron chi connectivity index (χ3n) is 1.85. The molecule has 0 aliphatic rings. The molecule has 1 atom stereocenters. The van der Waals surface area contributed by atoms with Crippen molar-refractivity contribution in [3.63, 3.8) is 0 Å². The first-order valence-electron chi connectivity index (χ1n) is 5.66. The Hall–Kier alpha value is -0.810. The molecule has 0 saturated heterocycles. The molecule has 16 heavy (non-hydrogen) atoms. The Labute approximate surface area is 97.6 Å². The molecule has 0 spiro atoms. The van der Waals surface area contributed by atoms with Crippen LogP contribution in [0.25, 0.3) is 0 Å². The van der Waals surface area contributed by atoms with E-state index >= 15 is 0 Å². The molecule has 3 N–H and O–H groups in total. The zero-order chi connectivity index (χ0) is 12.8. The maximum Gasteiger partial charge on any atom is 0.410 e. The fourth-order valence-corrected chi connectivity index (χ4v) is 1.18. The summed E-state index contributed by atoms with van der Waals surface area (Å²) >= 11 is 0. The van der Waals surface area contributed by atoms with E-state index in [2.05, 4.69) is 0 Å². The maximum atomic E-state index is 11.8. The number of nitrogens with two attached hydrogens (primary N) is 1. The van der Waals surface area contributed by atoms with E-state index in [1.807, 2.05) is 27.7 Å². The van der Waals surface area contributed by atoms with Crippen molar-refractivity contribution in [2.24, 2.45) is 5.73 Å². The molecule has 1 amide bonds. The van der Waals surface area contributed by atoms with Crippen LogP contribution >= 0.6 is 0 Å². The van der Waals surface area contributed by atoms with E-state index in [0.29, 0.717) is 6.54 Å². The highest BCUT2D eigenvalue weighted by atomic mass is 16.6. The molecular weight excluding hydrogens is 208 g/mol. The molecule has 0 saturated carbocycles. The number of rotatable bonds is 5. The molecule has 0 aliphatic heterocycles. The summed E-state index contributed by atoms with van der Waals surface area (Å²) in [7, 11) is 0. The van der Waals surface area contributed by atoms with Crippen LogP contribution in [-0.2, 0) is 4.74 Å². The summed E-state index contributed by atoms with van der Waals surface area (Å²) in [5.74, 6) is 0. The standard InChI is InChI=1S/C11H24N2O3/c1-5-6-13(8-9(14)7-12)10(15)16-11(2,3)4/h9,14H,5-8,12H2,1-4H3. The van der Waals surface area contributed by atoms with Crippen molar-refractivity contribution in [1.82, 2.24) is 4.90 Å². The summed E-state index contributed by atoms with van der Waals surface area (Å²) in [5, 5.41) is 9.43. The summed E-state index contributed by atoms with van der Waals surface area (Å²) in [5.41, 5.74) is 4.80. The third kappa shape index (κ3) is 6.63. The second-order valence-electron chi connectivity index (χ2n) is 4.82. The van der Waals surface area contributed by atoms with Gasteiger partial charge >= 0.3 is 6.09 Å². The summed E-state index contributed by atoms with van der Waals surface area (Å²) in [6, 6.07) is 0. The third-order valence-corrected chi connectivity index (χ3v) is 1.85. The second kappa shape index (κ2) is 6.70. The molecule has 0 radical (unpaired) electrons. The van der Waals surface area contributed by atoms with Crippen molar-refractivity contribution in [3.05, 3.63) is 0 Å². The van der Waals surface area contributed by atoms with Crippen LogP contribution in [0.2, 0.25) is 0 Å². The largest absolute Gasteiger partial charge is 0.444 e. The van der Waals surface area contributed by atoms with E-state index in [1.165, 1.54) is 4.90 Å². The molecule has 0 rings (SSSR count). The van der Waals surface area contributed by atoms with Gasteiger partial charge < -0.3 is 20.5 Å². The summed E-state index contributed by atoms with van der Waals surface area (Å²) in [4.78, 5) is 13.2. The summed E-state index contributed by atoms with van der Waals surface area (Å²) in [6.07, 6.45) is -0.280. The van der Waals surface area contributed by atoms with Gasteiger partial charge in [0.05, 0.1) is 12.6 Å². The second-order valence-corrected chi connectivity index (χ2v) is 4.82. The summed E-state index contributed by atoms with van der Waals surface area (Å²) < 4.78 is 5.23. The maximum absolute atomic E-state index is 11.8. The van der Waals surface area contributed by atoms with E-state index in [-0.39, 0.29) is 13.1 Å². The van der Waals surface area contributed by atoms with Gasteiger partial charge in [0, 0.05) is 13.1 Å². The van der Waals surface area contributed by atoms with Gasteiger partial charge in [-0.3, -0.25) is 0 Å². The SMILES string of the molecule is CCCN(CC(O)CN)C(=O)OC(C)(C)C. The van der Waals surface area contributed by atoms with Crippen molar-refractivity contribution in [3.8, 4) is 0 Å². The first-order valence-corrected chi connectivity index (χ1v) is 5.66. The Balaban J connectivity index is 4.34. The van der Waals surface area contributed by atoms with Crippen LogP contribution in [0.15, 0.2) is 0 Å². The molecule has 0 aromatic heterocycles. The Kier molecular flexibility index (Phi) is 6.36. The molecule has 5 nitrogen and oxygen atoms in total. The molecule has 5 heteroatoms. The number of hydrogen-bond donors (Lipinski definition) is 2. The quantitative estimate of drug-likeness (QED) is 0.740. The van der Waals surface area contributed by atoms with E-state index in [0.717, 1.165) is 6.42 Å². The number of hydrogen-bond acceptors (Lipinski definition) is 4. The van der Waals surface area contributed by atoms with Gasteiger partial charge in [-0.2, -0.15) is 0 Å². The lowest BCUT2D eigenvalue weighted by Crippen LogP contribution is -2.43. The lowest BCUT2D eigenvalue weighted by molar-refractivity contribution is 0.0154. The van der Waals surface area contributed by atoms with Gasteiger partial charge in [0.2, 0.25) is 0 Å². The van der Waals surface area contributed by atoms with E-state index in [9.17, 15) is 9.90 Å². The topological polar surface area (TPSA) is 75.8 Å². The molecule has 0 fully saturated rings. The lowest BCUT2D eigenvalue weighted by Gasteiger charge is -2.28. The molecule has 0 heterocycles. The molecule has 0 aromatic rings. The van der Waals surface area contributed by atoms with Crippen LogP contribution in [0.5, 0.6) is 0 Å². The number of nitrogens with zero attached hydrogens (tertiary/aromatic N) is 1. The van der Waals surface area contributed by atoms with Crippen LogP contribution < -0.4 is 5.73 Å². The highest BCUT2D eigenvalue weighted by Gasteiger charge is 2.22. The van der Waals surface area contributed by atoms with Gasteiger partial charge in [0.15, 0.2) is 0 Å². The van der Waals surface area contributed by atoms with Gasteiger partial charge in [-0.25, -0.2) is 4.79 Å². The molecule has 0 bridgehead atoms. The number of amides is 1. The van der Waals surface area contributed by atoms with Gasteiger partial charge in [-0.1, -0.05) is 6.92 Å². The van der Waals surface area contributed by atoms with Gasteiger partial charge in [-0.15, -0.1) is 0 Å². The monoisotopic (exact) mass is 232 g/mol. The number of ether oxygens (including phenoxy) is 1. The molecule has 0 aromatic carbocycles. The normalized spacial score (nSPS) is 13.4. The smallest absolute Gasteiger partial charge is 0.410 e. The van der Waals surface area contributed by atoms with Gasteiger partial charge in [0.1, 0.15) is 5.60 Å². The Bertz CT molecular complexity index is 214. The first kappa shape index (κ1) is 15.2. The van der Waals surface area contributed by atoms with Crippen molar-refractivity contribution >= 4 is 6.09 Å². The van der Waals surface area contributed by atoms with E-state index < -0.39 is 17.8 Å². The number of aliphatic hydroxyl groups excluding tert-OH is 1. The zero-order valence-electron chi connectivity index (χ0n) is 10.7. The molecule has 1 unspecified atom stereocenters. The Morgan fingerprint density at radius 2 is 2.06 bits per heavy atom. The zero-order valence-corrected chi connectivity index (χ0v) is 10.7. The van der Waals surface area contributed by atoms with Crippen LogP contribution in [-0.4, -0.2) is 47.4 Å². The molecule has 0 aliphatic carbocycles.